The van der Waals surface area contributed by atoms with Gasteiger partial charge in [-0.15, -0.1) is 0 Å². The fourth-order valence-corrected chi connectivity index (χ4v) is 1.92. The Hall–Kier alpha value is -2.51. The van der Waals surface area contributed by atoms with E-state index >= 15 is 0 Å². The maximum absolute atomic E-state index is 12.2. The van der Waals surface area contributed by atoms with Crippen LogP contribution in [-0.2, 0) is 9.59 Å². The maximum Gasteiger partial charge on any atom is 0.272 e. The molecule has 1 unspecified atom stereocenters. The molecule has 0 aliphatic carbocycles. The van der Waals surface area contributed by atoms with E-state index in [0.29, 0.717) is 5.82 Å². The van der Waals surface area contributed by atoms with Crippen LogP contribution in [-0.4, -0.2) is 33.7 Å². The number of imide groups is 1. The molecule has 1 fully saturated rings. The number of amides is 3. The van der Waals surface area contributed by atoms with Crippen LogP contribution in [0.5, 0.6) is 0 Å². The van der Waals surface area contributed by atoms with Crippen LogP contribution in [0.1, 0.15) is 48.9 Å². The van der Waals surface area contributed by atoms with E-state index in [1.807, 2.05) is 13.8 Å². The lowest BCUT2D eigenvalue weighted by atomic mass is 10.1. The average molecular weight is 291 g/mol. The molecule has 1 saturated heterocycles. The molecule has 2 rings (SSSR count). The van der Waals surface area contributed by atoms with Crippen LogP contribution >= 0.6 is 0 Å². The van der Waals surface area contributed by atoms with Crippen LogP contribution in [0.3, 0.4) is 0 Å². The summed E-state index contributed by atoms with van der Waals surface area (Å²) in [4.78, 5) is 43.1. The van der Waals surface area contributed by atoms with Gasteiger partial charge in [0.2, 0.25) is 11.8 Å². The first-order valence-corrected chi connectivity index (χ1v) is 6.65. The van der Waals surface area contributed by atoms with Gasteiger partial charge in [0.05, 0.1) is 11.9 Å². The number of anilines is 1. The number of aromatic nitrogens is 2. The van der Waals surface area contributed by atoms with Crippen LogP contribution in [0.15, 0.2) is 6.20 Å². The molecule has 0 aromatic carbocycles. The lowest BCUT2D eigenvalue weighted by molar-refractivity contribution is -0.134. The Kier molecular flexibility index (Phi) is 4.15. The van der Waals surface area contributed by atoms with Crippen molar-refractivity contribution < 1.29 is 14.4 Å². The molecule has 8 heteroatoms. The van der Waals surface area contributed by atoms with Gasteiger partial charge < -0.3 is 11.1 Å². The van der Waals surface area contributed by atoms with Gasteiger partial charge in [-0.1, -0.05) is 13.8 Å². The van der Waals surface area contributed by atoms with Gasteiger partial charge in [-0.2, -0.15) is 0 Å². The maximum atomic E-state index is 12.2. The molecule has 0 bridgehead atoms. The van der Waals surface area contributed by atoms with Crippen LogP contribution in [0.4, 0.5) is 5.69 Å². The number of carbonyl (C=O) groups excluding carboxylic acids is 3. The summed E-state index contributed by atoms with van der Waals surface area (Å²) in [6.45, 7) is 3.79. The number of nitrogens with zero attached hydrogens (tertiary/aromatic N) is 2. The lowest BCUT2D eigenvalue weighted by Gasteiger charge is -2.21. The highest BCUT2D eigenvalue weighted by Gasteiger charge is 2.29. The van der Waals surface area contributed by atoms with Crippen molar-refractivity contribution in [3.05, 3.63) is 17.7 Å². The molecule has 112 valence electrons. The number of carbonyl (C=O) groups is 3. The second kappa shape index (κ2) is 5.86. The monoisotopic (exact) mass is 291 g/mol. The fraction of sp³-hybridized carbons (Fsp3) is 0.462. The van der Waals surface area contributed by atoms with Gasteiger partial charge >= 0.3 is 0 Å². The smallest absolute Gasteiger partial charge is 0.272 e. The Morgan fingerprint density at radius 2 is 2.19 bits per heavy atom. The molecule has 3 amide bonds. The summed E-state index contributed by atoms with van der Waals surface area (Å²) >= 11 is 0. The largest absolute Gasteiger partial charge is 0.396 e. The molecule has 1 aromatic rings. The molecule has 1 aromatic heterocycles. The molecule has 0 spiro atoms. The first-order chi connectivity index (χ1) is 9.88. The molecular formula is C13H17N5O3. The summed E-state index contributed by atoms with van der Waals surface area (Å²) in [7, 11) is 0. The summed E-state index contributed by atoms with van der Waals surface area (Å²) < 4.78 is 0. The van der Waals surface area contributed by atoms with Crippen molar-refractivity contribution in [3.8, 4) is 0 Å². The SMILES string of the molecule is CC(C)c1ncc(N)c(C(=O)NC2CCC(=O)NC2=O)n1. The van der Waals surface area contributed by atoms with Crippen molar-refractivity contribution in [1.82, 2.24) is 20.6 Å². The van der Waals surface area contributed by atoms with Crippen LogP contribution in [0, 0.1) is 0 Å². The van der Waals surface area contributed by atoms with E-state index in [9.17, 15) is 14.4 Å². The summed E-state index contributed by atoms with van der Waals surface area (Å²) in [5, 5.41) is 4.71. The van der Waals surface area contributed by atoms with Gasteiger partial charge in [0.1, 0.15) is 11.9 Å². The third-order valence-corrected chi connectivity index (χ3v) is 3.11. The highest BCUT2D eigenvalue weighted by atomic mass is 16.2. The van der Waals surface area contributed by atoms with Crippen molar-refractivity contribution in [2.45, 2.75) is 38.6 Å². The van der Waals surface area contributed by atoms with Gasteiger partial charge in [0.25, 0.3) is 5.91 Å². The Balaban J connectivity index is 2.15. The normalized spacial score (nSPS) is 18.5. The van der Waals surface area contributed by atoms with Crippen LogP contribution < -0.4 is 16.4 Å². The van der Waals surface area contributed by atoms with Gasteiger partial charge in [0.15, 0.2) is 5.69 Å². The molecule has 0 saturated carbocycles. The highest BCUT2D eigenvalue weighted by molar-refractivity contribution is 6.04. The van der Waals surface area contributed by atoms with Crippen LogP contribution in [0.25, 0.3) is 0 Å². The average Bonchev–Trinajstić information content (AvgIpc) is 2.42. The summed E-state index contributed by atoms with van der Waals surface area (Å²) in [6.07, 6.45) is 1.83. The van der Waals surface area contributed by atoms with E-state index in [1.54, 1.807) is 0 Å². The van der Waals surface area contributed by atoms with Crippen molar-refractivity contribution in [3.63, 3.8) is 0 Å². The van der Waals surface area contributed by atoms with E-state index in [4.69, 9.17) is 5.73 Å². The van der Waals surface area contributed by atoms with Crippen molar-refractivity contribution in [2.75, 3.05) is 5.73 Å². The van der Waals surface area contributed by atoms with Crippen molar-refractivity contribution in [2.24, 2.45) is 0 Å². The number of nitrogens with one attached hydrogen (secondary N) is 2. The zero-order valence-corrected chi connectivity index (χ0v) is 11.8. The molecular weight excluding hydrogens is 274 g/mol. The number of piperidine rings is 1. The van der Waals surface area contributed by atoms with Gasteiger partial charge in [-0.05, 0) is 6.42 Å². The zero-order valence-electron chi connectivity index (χ0n) is 11.8. The molecule has 1 aliphatic heterocycles. The summed E-state index contributed by atoms with van der Waals surface area (Å²) in [6, 6.07) is -0.757. The second-order valence-corrected chi connectivity index (χ2v) is 5.16. The third-order valence-electron chi connectivity index (χ3n) is 3.11. The predicted molar refractivity (Wildman–Crippen MR) is 74.2 cm³/mol. The Morgan fingerprint density at radius 1 is 1.48 bits per heavy atom. The third kappa shape index (κ3) is 3.33. The first kappa shape index (κ1) is 14.9. The van der Waals surface area contributed by atoms with Crippen molar-refractivity contribution in [1.29, 1.82) is 0 Å². The Labute approximate surface area is 121 Å². The number of rotatable bonds is 3. The lowest BCUT2D eigenvalue weighted by Crippen LogP contribution is -2.52. The van der Waals surface area contributed by atoms with E-state index in [0.717, 1.165) is 0 Å². The molecule has 8 nitrogen and oxygen atoms in total. The number of nitrogen functional groups attached to an aromatic ring is 1. The fourth-order valence-electron chi connectivity index (χ4n) is 1.92. The summed E-state index contributed by atoms with van der Waals surface area (Å²) in [5.41, 5.74) is 5.89. The Bertz CT molecular complexity index is 599. The van der Waals surface area contributed by atoms with Gasteiger partial charge in [-0.3, -0.25) is 19.7 Å². The van der Waals surface area contributed by atoms with Gasteiger partial charge in [0, 0.05) is 12.3 Å². The van der Waals surface area contributed by atoms with E-state index in [-0.39, 0.29) is 36.0 Å². The molecule has 1 atom stereocenters. The van der Waals surface area contributed by atoms with Gasteiger partial charge in [-0.25, -0.2) is 9.97 Å². The number of nitrogens with two attached hydrogens (primary N) is 1. The molecule has 1 aliphatic rings. The summed E-state index contributed by atoms with van der Waals surface area (Å²) in [5.74, 6) is -0.859. The Morgan fingerprint density at radius 3 is 2.81 bits per heavy atom. The number of hydrogen-bond acceptors (Lipinski definition) is 6. The van der Waals surface area contributed by atoms with E-state index < -0.39 is 17.9 Å². The second-order valence-electron chi connectivity index (χ2n) is 5.16. The van der Waals surface area contributed by atoms with E-state index in [2.05, 4.69) is 20.6 Å². The standard InChI is InChI=1S/C13H17N5O3/c1-6(2)11-15-5-7(14)10(18-11)13(21)16-8-3-4-9(19)17-12(8)20/h5-6,8H,3-4,14H2,1-2H3,(H,16,21)(H,17,19,20). The topological polar surface area (TPSA) is 127 Å². The predicted octanol–water partition coefficient (Wildman–Crippen LogP) is -0.283. The molecule has 2 heterocycles. The highest BCUT2D eigenvalue weighted by Crippen LogP contribution is 2.14. The molecule has 4 N–H and O–H groups in total. The molecule has 0 radical (unpaired) electrons. The van der Waals surface area contributed by atoms with E-state index in [1.165, 1.54) is 6.20 Å². The zero-order chi connectivity index (χ0) is 15.6. The first-order valence-electron chi connectivity index (χ1n) is 6.65. The number of hydrogen-bond donors (Lipinski definition) is 3. The van der Waals surface area contributed by atoms with Crippen molar-refractivity contribution >= 4 is 23.4 Å². The quantitative estimate of drug-likeness (QED) is 0.657. The minimum atomic E-state index is -0.757. The van der Waals surface area contributed by atoms with Crippen LogP contribution in [0.2, 0.25) is 0 Å². The minimum Gasteiger partial charge on any atom is -0.396 e. The minimum absolute atomic E-state index is 0.0402. The molecule has 21 heavy (non-hydrogen) atoms.